The van der Waals surface area contributed by atoms with Gasteiger partial charge in [-0.2, -0.15) is 0 Å². The van der Waals surface area contributed by atoms with Crippen molar-refractivity contribution in [1.29, 1.82) is 0 Å². The Morgan fingerprint density at radius 2 is 1.70 bits per heavy atom. The van der Waals surface area contributed by atoms with Gasteiger partial charge in [0.1, 0.15) is 30.0 Å². The largest absolute Gasteiger partial charge is 0.469 e. The molecule has 0 saturated heterocycles. The van der Waals surface area contributed by atoms with Gasteiger partial charge in [-0.15, -0.1) is 0 Å². The van der Waals surface area contributed by atoms with Gasteiger partial charge in [-0.1, -0.05) is 49.6 Å². The molecule has 3 rings (SSSR count). The summed E-state index contributed by atoms with van der Waals surface area (Å²) in [6.45, 7) is 3.29. The van der Waals surface area contributed by atoms with E-state index >= 15 is 0 Å². The van der Waals surface area contributed by atoms with E-state index in [1.54, 1.807) is 0 Å². The zero-order valence-electron chi connectivity index (χ0n) is 29.1. The summed E-state index contributed by atoms with van der Waals surface area (Å²) in [6.07, 6.45) is 12.5. The Morgan fingerprint density at radius 3 is 2.38 bits per heavy atom. The highest BCUT2D eigenvalue weighted by molar-refractivity contribution is 7.46. The number of nitrogens with one attached hydrogen (secondary N) is 4. The number of phosphoric ester groups is 1. The summed E-state index contributed by atoms with van der Waals surface area (Å²) >= 11 is 0. The number of hydrogen-bond acceptors (Lipinski definition) is 7. The SMILES string of the molecule is CC(=O)N[C@H]1Cc2c[n+](cn2CCCCCCCCc2ccccc2)CCCCCNC(=O)[C@H]([C@@H](C)OP(=O)(O)O)NC(=O)[C@H](CO)NC1=O. The van der Waals surface area contributed by atoms with Gasteiger partial charge in [-0.25, -0.2) is 13.7 Å². The smallest absolute Gasteiger partial charge is 0.394 e. The lowest BCUT2D eigenvalue weighted by Gasteiger charge is -2.27. The van der Waals surface area contributed by atoms with Gasteiger partial charge < -0.3 is 36.2 Å². The van der Waals surface area contributed by atoms with Crippen LogP contribution in [0, 0.1) is 0 Å². The number of phosphoric acid groups is 1. The predicted octanol–water partition coefficient (Wildman–Crippen LogP) is 1.17. The van der Waals surface area contributed by atoms with Crippen molar-refractivity contribution in [1.82, 2.24) is 25.8 Å². The molecular weight excluding hydrogens is 667 g/mol. The third kappa shape index (κ3) is 14.7. The zero-order chi connectivity index (χ0) is 36.5. The van der Waals surface area contributed by atoms with Crippen molar-refractivity contribution in [2.24, 2.45) is 0 Å². The molecule has 7 N–H and O–H groups in total. The van der Waals surface area contributed by atoms with Crippen molar-refractivity contribution in [3.63, 3.8) is 0 Å². The number of carbonyl (C=O) groups excluding carboxylic acids is 4. The number of aliphatic hydroxyl groups is 1. The molecule has 0 radical (unpaired) electrons. The van der Waals surface area contributed by atoms with Crippen LogP contribution >= 0.6 is 7.82 Å². The van der Waals surface area contributed by atoms with Crippen molar-refractivity contribution < 1.29 is 47.7 Å². The number of carbonyl (C=O) groups is 4. The maximum Gasteiger partial charge on any atom is 0.469 e. The Kier molecular flexibility index (Phi) is 17.1. The average Bonchev–Trinajstić information content (AvgIpc) is 3.44. The maximum atomic E-state index is 13.5. The first-order chi connectivity index (χ1) is 23.9. The molecule has 2 aromatic rings. The summed E-state index contributed by atoms with van der Waals surface area (Å²) in [5.41, 5.74) is 2.19. The van der Waals surface area contributed by atoms with E-state index in [9.17, 15) is 38.6 Å². The fourth-order valence-corrected chi connectivity index (χ4v) is 6.54. The Hall–Kier alpha value is -3.62. The molecule has 0 aliphatic carbocycles. The monoisotopic (exact) mass is 721 g/mol. The van der Waals surface area contributed by atoms with Crippen molar-refractivity contribution >= 4 is 31.5 Å². The molecule has 0 saturated carbocycles. The second-order valence-electron chi connectivity index (χ2n) is 12.9. The van der Waals surface area contributed by atoms with Gasteiger partial charge in [-0.3, -0.25) is 23.7 Å². The molecule has 1 aliphatic rings. The normalized spacial score (nSPS) is 20.5. The molecule has 2 bridgehead atoms. The molecule has 4 amide bonds. The fourth-order valence-electron chi connectivity index (χ4n) is 5.98. The molecule has 4 atom stereocenters. The van der Waals surface area contributed by atoms with Crippen LogP contribution < -0.4 is 25.8 Å². The molecule has 16 heteroatoms. The molecule has 0 unspecified atom stereocenters. The summed E-state index contributed by atoms with van der Waals surface area (Å²) in [6, 6.07) is 6.31. The molecule has 1 aromatic carbocycles. The number of nitrogens with zero attached hydrogens (tertiary/aromatic N) is 2. The quantitative estimate of drug-likeness (QED) is 0.0847. The summed E-state index contributed by atoms with van der Waals surface area (Å²) in [5, 5.41) is 20.1. The number of benzene rings is 1. The zero-order valence-corrected chi connectivity index (χ0v) is 30.0. The Morgan fingerprint density at radius 1 is 1.00 bits per heavy atom. The van der Waals surface area contributed by atoms with Crippen LogP contribution in [0.15, 0.2) is 42.9 Å². The van der Waals surface area contributed by atoms with Crippen LogP contribution in [0.5, 0.6) is 0 Å². The van der Waals surface area contributed by atoms with E-state index in [0.717, 1.165) is 63.6 Å². The molecule has 0 fully saturated rings. The predicted molar refractivity (Wildman–Crippen MR) is 184 cm³/mol. The molecule has 0 spiro atoms. The first-order valence-electron chi connectivity index (χ1n) is 17.5. The standard InChI is InChI=1S/C34H53N6O9P/c1-25(49-50(46,47)48)31-34(45)35-18-12-8-13-19-39-22-28(21-29(36-26(2)42)32(43)37-30(23-41)33(44)38-31)40(24-39)20-14-6-4-3-5-9-15-27-16-10-7-11-17-27/h7,10-11,16-17,22,24-25,29-31,41H,3-6,8-9,12-15,18-21,23H2,1-2H3,(H5-,35,36,37,38,42,43,44,45,46,47,48)/p+1/t25-,29+,30+,31+/m1/s1. The van der Waals surface area contributed by atoms with Gasteiger partial charge in [0.15, 0.2) is 0 Å². The van der Waals surface area contributed by atoms with Gasteiger partial charge in [0.05, 0.1) is 25.8 Å². The van der Waals surface area contributed by atoms with E-state index < -0.39 is 62.3 Å². The highest BCUT2D eigenvalue weighted by Crippen LogP contribution is 2.38. The van der Waals surface area contributed by atoms with Gasteiger partial charge in [-0.05, 0) is 57.4 Å². The summed E-state index contributed by atoms with van der Waals surface area (Å²) in [4.78, 5) is 70.4. The van der Waals surface area contributed by atoms with Gasteiger partial charge >= 0.3 is 7.82 Å². The minimum absolute atomic E-state index is 0.121. The van der Waals surface area contributed by atoms with Crippen molar-refractivity contribution in [3.8, 4) is 0 Å². The number of aromatic nitrogens is 2. The van der Waals surface area contributed by atoms with Crippen LogP contribution in [0.3, 0.4) is 0 Å². The summed E-state index contributed by atoms with van der Waals surface area (Å²) in [5.74, 6) is -2.92. The third-order valence-corrected chi connectivity index (χ3v) is 9.20. The second kappa shape index (κ2) is 20.9. The molecule has 50 heavy (non-hydrogen) atoms. The lowest BCUT2D eigenvalue weighted by Crippen LogP contribution is -2.60. The highest BCUT2D eigenvalue weighted by Gasteiger charge is 2.35. The molecule has 2 heterocycles. The minimum Gasteiger partial charge on any atom is -0.394 e. The molecule has 1 aromatic heterocycles. The average molecular weight is 722 g/mol. The number of hydrogen-bond donors (Lipinski definition) is 7. The Bertz CT molecular complexity index is 1430. The van der Waals surface area contributed by atoms with Crippen LogP contribution in [-0.4, -0.2) is 80.5 Å². The van der Waals surface area contributed by atoms with E-state index in [1.165, 1.54) is 25.8 Å². The molecular formula is C34H54N6O9P+. The third-order valence-electron chi connectivity index (χ3n) is 8.60. The molecule has 278 valence electrons. The number of amides is 4. The maximum absolute atomic E-state index is 13.5. The van der Waals surface area contributed by atoms with Crippen LogP contribution in [-0.2, 0) is 54.2 Å². The van der Waals surface area contributed by atoms with E-state index in [4.69, 9.17) is 0 Å². The first-order valence-corrected chi connectivity index (χ1v) is 19.0. The van der Waals surface area contributed by atoms with Crippen molar-refractivity contribution in [2.45, 2.75) is 122 Å². The lowest BCUT2D eigenvalue weighted by atomic mass is 10.0. The van der Waals surface area contributed by atoms with E-state index in [0.29, 0.717) is 13.0 Å². The van der Waals surface area contributed by atoms with Crippen LogP contribution in [0.25, 0.3) is 0 Å². The number of rotatable bonds is 14. The number of aryl methyl sites for hydroxylation is 3. The second-order valence-corrected chi connectivity index (χ2v) is 14.1. The number of fused-ring (bicyclic) bond motifs is 2. The topological polar surface area (TPSA) is 212 Å². The van der Waals surface area contributed by atoms with E-state index in [2.05, 4.69) is 54.6 Å². The van der Waals surface area contributed by atoms with Crippen LogP contribution in [0.2, 0.25) is 0 Å². The molecule has 15 nitrogen and oxygen atoms in total. The fraction of sp³-hybridized carbons (Fsp3) is 0.618. The first kappa shape index (κ1) is 40.8. The van der Waals surface area contributed by atoms with Crippen molar-refractivity contribution in [2.75, 3.05) is 13.2 Å². The van der Waals surface area contributed by atoms with Gasteiger partial charge in [0, 0.05) is 19.9 Å². The molecule has 1 aliphatic heterocycles. The minimum atomic E-state index is -5.02. The number of aliphatic hydroxyl groups excluding tert-OH is 1. The lowest BCUT2D eigenvalue weighted by molar-refractivity contribution is -0.697. The Balaban J connectivity index is 1.71. The summed E-state index contributed by atoms with van der Waals surface area (Å²) < 4.78 is 20.3. The van der Waals surface area contributed by atoms with E-state index in [-0.39, 0.29) is 13.0 Å². The van der Waals surface area contributed by atoms with Gasteiger partial charge in [0.2, 0.25) is 30.0 Å². The Labute approximate surface area is 293 Å². The number of imidazole rings is 1. The summed E-state index contributed by atoms with van der Waals surface area (Å²) in [7, 11) is -5.02. The van der Waals surface area contributed by atoms with Crippen LogP contribution in [0.1, 0.15) is 82.9 Å². The van der Waals surface area contributed by atoms with Gasteiger partial charge in [0.25, 0.3) is 0 Å². The van der Waals surface area contributed by atoms with Crippen LogP contribution in [0.4, 0.5) is 0 Å². The van der Waals surface area contributed by atoms with E-state index in [1.807, 2.05) is 23.2 Å². The highest BCUT2D eigenvalue weighted by atomic mass is 31.2. The number of unbranched alkanes of at least 4 members (excludes halogenated alkanes) is 5. The van der Waals surface area contributed by atoms with Crippen molar-refractivity contribution in [3.05, 3.63) is 54.1 Å².